The van der Waals surface area contributed by atoms with E-state index in [2.05, 4.69) is 67.2 Å². The summed E-state index contributed by atoms with van der Waals surface area (Å²) in [6, 6.07) is 0. The van der Waals surface area contributed by atoms with Gasteiger partial charge >= 0.3 is 0 Å². The molecule has 19 heavy (non-hydrogen) atoms. The van der Waals surface area contributed by atoms with Crippen molar-refractivity contribution < 1.29 is 0 Å². The Morgan fingerprint density at radius 2 is 1.47 bits per heavy atom. The molecule has 1 heteroatoms. The second-order valence-electron chi connectivity index (χ2n) is 9.98. The van der Waals surface area contributed by atoms with Gasteiger partial charge in [-0.2, -0.15) is 0 Å². The fourth-order valence-corrected chi connectivity index (χ4v) is 5.88. The molecule has 0 aromatic heterocycles. The molecule has 1 unspecified atom stereocenters. The van der Waals surface area contributed by atoms with E-state index in [4.69, 9.17) is 0 Å². The molecule has 0 radical (unpaired) electrons. The molecule has 0 aromatic carbocycles. The Labute approximate surface area is 121 Å². The van der Waals surface area contributed by atoms with E-state index in [9.17, 15) is 0 Å². The number of piperidine rings is 2. The highest BCUT2D eigenvalue weighted by molar-refractivity contribution is 5.15. The first kappa shape index (κ1) is 15.4. The van der Waals surface area contributed by atoms with Crippen LogP contribution in [-0.2, 0) is 0 Å². The van der Waals surface area contributed by atoms with Crippen molar-refractivity contribution >= 4 is 0 Å². The molecule has 3 atom stereocenters. The fourth-order valence-electron chi connectivity index (χ4n) is 5.88. The molecule has 1 aliphatic carbocycles. The van der Waals surface area contributed by atoms with Gasteiger partial charge in [0, 0.05) is 16.6 Å². The average Bonchev–Trinajstić information content (AvgIpc) is 2.10. The van der Waals surface area contributed by atoms with E-state index < -0.39 is 0 Å². The predicted octanol–water partition coefficient (Wildman–Crippen LogP) is 5.10. The van der Waals surface area contributed by atoms with Gasteiger partial charge in [-0.3, -0.25) is 4.90 Å². The van der Waals surface area contributed by atoms with Gasteiger partial charge in [0.25, 0.3) is 0 Å². The summed E-state index contributed by atoms with van der Waals surface area (Å²) >= 11 is 0. The van der Waals surface area contributed by atoms with Gasteiger partial charge in [-0.15, -0.1) is 0 Å². The van der Waals surface area contributed by atoms with Crippen LogP contribution in [0.15, 0.2) is 0 Å². The van der Waals surface area contributed by atoms with Gasteiger partial charge in [0.05, 0.1) is 0 Å². The molecule has 3 fully saturated rings. The van der Waals surface area contributed by atoms with E-state index >= 15 is 0 Å². The summed E-state index contributed by atoms with van der Waals surface area (Å²) in [4.78, 5) is 2.85. The highest BCUT2D eigenvalue weighted by Gasteiger charge is 2.61. The highest BCUT2D eigenvalue weighted by Crippen LogP contribution is 2.60. The first-order valence-corrected chi connectivity index (χ1v) is 8.11. The molecule has 0 N–H and O–H groups in total. The molecule has 3 aliphatic rings. The third-order valence-corrected chi connectivity index (χ3v) is 5.95. The second-order valence-corrected chi connectivity index (χ2v) is 9.98. The molecule has 112 valence electrons. The van der Waals surface area contributed by atoms with Crippen molar-refractivity contribution in [3.8, 4) is 0 Å². The molecule has 0 spiro atoms. The lowest BCUT2D eigenvalue weighted by Gasteiger charge is -2.70. The molecule has 2 saturated heterocycles. The monoisotopic (exact) mass is 265 g/mol. The summed E-state index contributed by atoms with van der Waals surface area (Å²) < 4.78 is 0. The summed E-state index contributed by atoms with van der Waals surface area (Å²) in [5.41, 5.74) is 1.41. The predicted molar refractivity (Wildman–Crippen MR) is 84.4 cm³/mol. The van der Waals surface area contributed by atoms with Gasteiger partial charge in [-0.05, 0) is 78.1 Å². The normalized spacial score (nSPS) is 39.6. The van der Waals surface area contributed by atoms with Gasteiger partial charge in [0.1, 0.15) is 0 Å². The van der Waals surface area contributed by atoms with Crippen LogP contribution in [-0.4, -0.2) is 21.5 Å². The zero-order valence-corrected chi connectivity index (χ0v) is 14.7. The number of fused-ring (bicyclic) bond motifs is 3. The van der Waals surface area contributed by atoms with Crippen molar-refractivity contribution in [2.45, 2.75) is 98.2 Å². The van der Waals surface area contributed by atoms with E-state index in [1.54, 1.807) is 0 Å². The molecule has 1 saturated carbocycles. The lowest BCUT2D eigenvalue weighted by Crippen LogP contribution is -2.75. The minimum absolute atomic E-state index is 0.264. The Hall–Kier alpha value is -0.0400. The molecule has 0 amide bonds. The van der Waals surface area contributed by atoms with Crippen LogP contribution in [0, 0.1) is 17.3 Å². The maximum atomic E-state index is 2.85. The smallest absolute Gasteiger partial charge is 0.0195 e. The van der Waals surface area contributed by atoms with E-state index in [0.29, 0.717) is 16.5 Å². The van der Waals surface area contributed by atoms with Crippen molar-refractivity contribution in [3.63, 3.8) is 0 Å². The largest absolute Gasteiger partial charge is 0.288 e. The first-order valence-electron chi connectivity index (χ1n) is 8.11. The second kappa shape index (κ2) is 4.00. The summed E-state index contributed by atoms with van der Waals surface area (Å²) in [6.07, 6.45) is 4.17. The van der Waals surface area contributed by atoms with Crippen LogP contribution in [0.5, 0.6) is 0 Å². The number of hydrogen-bond acceptors (Lipinski definition) is 1. The van der Waals surface area contributed by atoms with Crippen LogP contribution in [0.4, 0.5) is 0 Å². The number of rotatable bonds is 0. The van der Waals surface area contributed by atoms with Gasteiger partial charge in [-0.25, -0.2) is 0 Å². The third kappa shape index (κ3) is 2.26. The van der Waals surface area contributed by atoms with Crippen molar-refractivity contribution in [2.24, 2.45) is 17.3 Å². The van der Waals surface area contributed by atoms with Crippen LogP contribution < -0.4 is 0 Å². The standard InChI is InChI=1S/C18H35N/c1-15(2,3)14-12-18(9)11-10-13(14)17(7,8)19(18)16(4,5)6/h13-14H,10-12H2,1-9H3/t13-,14?,18+/m0/s1. The van der Waals surface area contributed by atoms with Crippen molar-refractivity contribution in [3.05, 3.63) is 0 Å². The van der Waals surface area contributed by atoms with Crippen LogP contribution in [0.2, 0.25) is 0 Å². The van der Waals surface area contributed by atoms with Gasteiger partial charge in [0.15, 0.2) is 0 Å². The summed E-state index contributed by atoms with van der Waals surface area (Å²) in [6.45, 7) is 22.0. The number of hydrogen-bond donors (Lipinski definition) is 0. The van der Waals surface area contributed by atoms with E-state index in [1.807, 2.05) is 0 Å². The Bertz CT molecular complexity index is 350. The van der Waals surface area contributed by atoms with Crippen molar-refractivity contribution in [2.75, 3.05) is 0 Å². The summed E-state index contributed by atoms with van der Waals surface area (Å²) in [5, 5.41) is 0. The Balaban J connectivity index is 2.47. The maximum absolute atomic E-state index is 2.85. The minimum atomic E-state index is 0.264. The van der Waals surface area contributed by atoms with E-state index in [-0.39, 0.29) is 5.54 Å². The summed E-state index contributed by atoms with van der Waals surface area (Å²) in [5.74, 6) is 1.70. The first-order chi connectivity index (χ1) is 8.30. The number of nitrogens with zero attached hydrogens (tertiary/aromatic N) is 1. The molecule has 2 heterocycles. The van der Waals surface area contributed by atoms with Crippen LogP contribution in [0.3, 0.4) is 0 Å². The lowest BCUT2D eigenvalue weighted by atomic mass is 9.51. The van der Waals surface area contributed by atoms with E-state index in [0.717, 1.165) is 11.8 Å². The average molecular weight is 265 g/mol. The zero-order valence-electron chi connectivity index (χ0n) is 14.7. The fraction of sp³-hybridized carbons (Fsp3) is 1.00. The quantitative estimate of drug-likeness (QED) is 0.589. The highest BCUT2D eigenvalue weighted by atomic mass is 15.3. The van der Waals surface area contributed by atoms with Crippen LogP contribution in [0.1, 0.15) is 81.6 Å². The minimum Gasteiger partial charge on any atom is -0.288 e. The molecular weight excluding hydrogens is 230 g/mol. The Morgan fingerprint density at radius 1 is 0.947 bits per heavy atom. The summed E-state index contributed by atoms with van der Waals surface area (Å²) in [7, 11) is 0. The zero-order chi connectivity index (χ0) is 14.9. The Morgan fingerprint density at radius 3 is 1.84 bits per heavy atom. The molecule has 2 bridgehead atoms. The van der Waals surface area contributed by atoms with Gasteiger partial charge in [-0.1, -0.05) is 20.8 Å². The van der Waals surface area contributed by atoms with Crippen LogP contribution >= 0.6 is 0 Å². The molecule has 3 rings (SSSR count). The van der Waals surface area contributed by atoms with Crippen molar-refractivity contribution in [1.82, 2.24) is 4.90 Å². The molecule has 0 aromatic rings. The topological polar surface area (TPSA) is 3.24 Å². The molecular formula is C18H35N. The lowest BCUT2D eigenvalue weighted by molar-refractivity contribution is -0.203. The SMILES string of the molecule is CC(C)(C)C1C[C@@]2(C)CC[C@@H]1C(C)(C)N2C(C)(C)C. The van der Waals surface area contributed by atoms with Crippen LogP contribution in [0.25, 0.3) is 0 Å². The third-order valence-electron chi connectivity index (χ3n) is 5.95. The van der Waals surface area contributed by atoms with E-state index in [1.165, 1.54) is 19.3 Å². The molecule has 2 aliphatic heterocycles. The van der Waals surface area contributed by atoms with Gasteiger partial charge < -0.3 is 0 Å². The Kier molecular flexibility index (Phi) is 3.23. The van der Waals surface area contributed by atoms with Crippen molar-refractivity contribution in [1.29, 1.82) is 0 Å². The molecule has 1 nitrogen and oxygen atoms in total. The maximum Gasteiger partial charge on any atom is 0.0195 e. The van der Waals surface area contributed by atoms with Gasteiger partial charge in [0.2, 0.25) is 0 Å².